The summed E-state index contributed by atoms with van der Waals surface area (Å²) >= 11 is 0. The zero-order valence-electron chi connectivity index (χ0n) is 14.8. The molecular weight excluding hydrogens is 304 g/mol. The van der Waals surface area contributed by atoms with Crippen LogP contribution in [0, 0.1) is 5.92 Å². The van der Waals surface area contributed by atoms with Crippen LogP contribution in [0.25, 0.3) is 0 Å². The molecule has 1 fully saturated rings. The average Bonchev–Trinajstić information content (AvgIpc) is 2.56. The van der Waals surface area contributed by atoms with Gasteiger partial charge in [0.1, 0.15) is 0 Å². The Labute approximate surface area is 144 Å². The van der Waals surface area contributed by atoms with Crippen LogP contribution in [0.4, 0.5) is 5.69 Å². The fourth-order valence-electron chi connectivity index (χ4n) is 3.27. The molecule has 1 aromatic carbocycles. The van der Waals surface area contributed by atoms with E-state index in [0.29, 0.717) is 17.8 Å². The summed E-state index contributed by atoms with van der Waals surface area (Å²) in [5.41, 5.74) is 1.07. The van der Waals surface area contributed by atoms with E-state index in [1.807, 2.05) is 18.9 Å². The van der Waals surface area contributed by atoms with Crippen molar-refractivity contribution in [3.05, 3.63) is 29.8 Å². The Hall–Kier alpha value is -1.72. The molecule has 1 aliphatic carbocycles. The number of likely N-dealkylation sites (N-methyl/N-ethyl adjacent to an activating group) is 1. The number of nitrogens with one attached hydrogen (secondary N) is 1. The highest BCUT2D eigenvalue weighted by Gasteiger charge is 2.27. The number of anilines is 1. The van der Waals surface area contributed by atoms with E-state index in [9.17, 15) is 14.7 Å². The number of amides is 1. The monoisotopic (exact) mass is 332 g/mol. The maximum atomic E-state index is 12.5. The molecule has 0 aromatic heterocycles. The molecule has 1 saturated carbocycles. The van der Waals surface area contributed by atoms with Gasteiger partial charge in [0.2, 0.25) is 5.91 Å². The van der Waals surface area contributed by atoms with Crippen LogP contribution >= 0.6 is 0 Å². The van der Waals surface area contributed by atoms with Gasteiger partial charge in [0.25, 0.3) is 0 Å². The second-order valence-corrected chi connectivity index (χ2v) is 6.82. The molecule has 2 rings (SSSR count). The normalized spacial score (nSPS) is 22.2. The van der Waals surface area contributed by atoms with Crippen molar-refractivity contribution in [2.75, 3.05) is 18.9 Å². The van der Waals surface area contributed by atoms with Crippen LogP contribution in [0.5, 0.6) is 0 Å². The third-order valence-electron chi connectivity index (χ3n) is 5.00. The van der Waals surface area contributed by atoms with Gasteiger partial charge in [-0.05, 0) is 51.8 Å². The molecule has 1 aromatic rings. The predicted octanol–water partition coefficient (Wildman–Crippen LogP) is 2.70. The molecule has 0 bridgehead atoms. The summed E-state index contributed by atoms with van der Waals surface area (Å²) in [4.78, 5) is 26.2. The number of hydrogen-bond acceptors (Lipinski definition) is 4. The minimum absolute atomic E-state index is 0.0720. The predicted molar refractivity (Wildman–Crippen MR) is 95.1 cm³/mol. The summed E-state index contributed by atoms with van der Waals surface area (Å²) in [6, 6.07) is 6.71. The number of aliphatic hydroxyl groups is 1. The molecule has 3 unspecified atom stereocenters. The van der Waals surface area contributed by atoms with Crippen molar-refractivity contribution in [2.24, 2.45) is 5.92 Å². The quantitative estimate of drug-likeness (QED) is 0.786. The molecule has 3 atom stereocenters. The lowest BCUT2D eigenvalue weighted by molar-refractivity contribution is -0.120. The highest BCUT2D eigenvalue weighted by molar-refractivity contribution is 6.04. The maximum absolute atomic E-state index is 12.5. The lowest BCUT2D eigenvalue weighted by Crippen LogP contribution is -2.44. The van der Waals surface area contributed by atoms with Crippen LogP contribution in [0.2, 0.25) is 0 Å². The van der Waals surface area contributed by atoms with E-state index in [2.05, 4.69) is 5.32 Å². The molecule has 0 radical (unpaired) electrons. The highest BCUT2D eigenvalue weighted by Crippen LogP contribution is 2.25. The van der Waals surface area contributed by atoms with Gasteiger partial charge in [0, 0.05) is 12.1 Å². The van der Waals surface area contributed by atoms with Gasteiger partial charge < -0.3 is 10.4 Å². The Kier molecular flexibility index (Phi) is 6.52. The van der Waals surface area contributed by atoms with Gasteiger partial charge in [-0.3, -0.25) is 14.5 Å². The van der Waals surface area contributed by atoms with E-state index in [4.69, 9.17) is 0 Å². The van der Waals surface area contributed by atoms with Crippen LogP contribution in [0.15, 0.2) is 24.3 Å². The van der Waals surface area contributed by atoms with Gasteiger partial charge in [-0.2, -0.15) is 0 Å². The molecule has 0 aliphatic heterocycles. The largest absolute Gasteiger partial charge is 0.393 e. The van der Waals surface area contributed by atoms with E-state index in [1.165, 1.54) is 6.92 Å². The second-order valence-electron chi connectivity index (χ2n) is 6.82. The Morgan fingerprint density at radius 2 is 1.96 bits per heavy atom. The number of nitrogens with zero attached hydrogens (tertiary/aromatic N) is 1. The zero-order chi connectivity index (χ0) is 17.7. The summed E-state index contributed by atoms with van der Waals surface area (Å²) in [7, 11) is 1.91. The smallest absolute Gasteiger partial charge is 0.241 e. The van der Waals surface area contributed by atoms with Gasteiger partial charge in [0.05, 0.1) is 17.8 Å². The van der Waals surface area contributed by atoms with Crippen LogP contribution < -0.4 is 5.32 Å². The van der Waals surface area contributed by atoms with Crippen molar-refractivity contribution in [3.8, 4) is 0 Å². The third-order valence-corrected chi connectivity index (χ3v) is 5.00. The molecule has 0 spiro atoms. The van der Waals surface area contributed by atoms with Gasteiger partial charge in [0.15, 0.2) is 5.78 Å². The number of carbonyl (C=O) groups is 2. The fraction of sp³-hybridized carbons (Fsp3) is 0.579. The number of Topliss-reactive ketones (excluding diaryl/α,β-unsaturated/α-hetero) is 1. The first-order valence-corrected chi connectivity index (χ1v) is 8.69. The Balaban J connectivity index is 1.97. The molecule has 24 heavy (non-hydrogen) atoms. The lowest BCUT2D eigenvalue weighted by atomic mass is 9.86. The van der Waals surface area contributed by atoms with Crippen LogP contribution in [-0.2, 0) is 4.79 Å². The molecule has 1 amide bonds. The van der Waals surface area contributed by atoms with Crippen molar-refractivity contribution >= 4 is 17.4 Å². The average molecular weight is 332 g/mol. The van der Waals surface area contributed by atoms with E-state index >= 15 is 0 Å². The molecule has 2 N–H and O–H groups in total. The van der Waals surface area contributed by atoms with Crippen molar-refractivity contribution < 1.29 is 14.7 Å². The van der Waals surface area contributed by atoms with E-state index in [-0.39, 0.29) is 29.8 Å². The summed E-state index contributed by atoms with van der Waals surface area (Å²) in [6.07, 6.45) is 3.81. The molecular formula is C19H28N2O3. The Morgan fingerprint density at radius 3 is 2.62 bits per heavy atom. The summed E-state index contributed by atoms with van der Waals surface area (Å²) in [5, 5.41) is 13.0. The van der Waals surface area contributed by atoms with E-state index < -0.39 is 0 Å². The molecule has 0 saturated heterocycles. The number of carbonyl (C=O) groups excluding carboxylic acids is 2. The number of hydrogen-bond donors (Lipinski definition) is 2. The number of para-hydroxylation sites is 1. The SMILES string of the molecule is CC(=O)c1ccccc1NC(=O)C(C)N(C)CC1CCCCC1O. The Morgan fingerprint density at radius 1 is 1.29 bits per heavy atom. The minimum Gasteiger partial charge on any atom is -0.393 e. The number of benzene rings is 1. The number of aliphatic hydroxyl groups excluding tert-OH is 1. The molecule has 132 valence electrons. The first-order valence-electron chi connectivity index (χ1n) is 8.69. The fourth-order valence-corrected chi connectivity index (χ4v) is 3.27. The van der Waals surface area contributed by atoms with Crippen molar-refractivity contribution in [1.29, 1.82) is 0 Å². The summed E-state index contributed by atoms with van der Waals surface area (Å²) in [5.74, 6) is 0.0113. The number of ketones is 1. The van der Waals surface area contributed by atoms with Crippen LogP contribution in [-0.4, -0.2) is 47.4 Å². The molecule has 1 aliphatic rings. The summed E-state index contributed by atoms with van der Waals surface area (Å²) < 4.78 is 0. The lowest BCUT2D eigenvalue weighted by Gasteiger charge is -2.33. The Bertz CT molecular complexity index is 588. The third kappa shape index (κ3) is 4.65. The minimum atomic E-state index is -0.334. The molecule has 5 heteroatoms. The standard InChI is InChI=1S/C19H28N2O3/c1-13(21(3)12-15-8-4-7-11-18(15)23)19(24)20-17-10-6-5-9-16(17)14(2)22/h5-6,9-10,13,15,18,23H,4,7-8,11-12H2,1-3H3,(H,20,24). The topological polar surface area (TPSA) is 69.6 Å². The first-order chi connectivity index (χ1) is 11.4. The van der Waals surface area contributed by atoms with Crippen LogP contribution in [0.3, 0.4) is 0 Å². The van der Waals surface area contributed by atoms with Crippen LogP contribution in [0.1, 0.15) is 49.9 Å². The van der Waals surface area contributed by atoms with Gasteiger partial charge >= 0.3 is 0 Å². The van der Waals surface area contributed by atoms with Gasteiger partial charge in [-0.1, -0.05) is 25.0 Å². The summed E-state index contributed by atoms with van der Waals surface area (Å²) in [6.45, 7) is 4.04. The first kappa shape index (κ1) is 18.6. The highest BCUT2D eigenvalue weighted by atomic mass is 16.3. The van der Waals surface area contributed by atoms with E-state index in [1.54, 1.807) is 24.3 Å². The van der Waals surface area contributed by atoms with Crippen molar-refractivity contribution in [2.45, 2.75) is 51.7 Å². The zero-order valence-corrected chi connectivity index (χ0v) is 14.8. The maximum Gasteiger partial charge on any atom is 0.241 e. The van der Waals surface area contributed by atoms with Crippen molar-refractivity contribution in [3.63, 3.8) is 0 Å². The second kappa shape index (κ2) is 8.40. The molecule has 0 heterocycles. The van der Waals surface area contributed by atoms with Crippen molar-refractivity contribution in [1.82, 2.24) is 4.90 Å². The van der Waals surface area contributed by atoms with E-state index in [0.717, 1.165) is 25.7 Å². The van der Waals surface area contributed by atoms with Gasteiger partial charge in [-0.15, -0.1) is 0 Å². The van der Waals surface area contributed by atoms with Gasteiger partial charge in [-0.25, -0.2) is 0 Å². The number of rotatable bonds is 6. The molecule has 5 nitrogen and oxygen atoms in total.